The van der Waals surface area contributed by atoms with Crippen molar-refractivity contribution in [3.05, 3.63) is 215 Å². The van der Waals surface area contributed by atoms with Crippen LogP contribution < -0.4 is 0 Å². The van der Waals surface area contributed by atoms with Gasteiger partial charge in [0.05, 0.1) is 0 Å². The van der Waals surface area contributed by atoms with Gasteiger partial charge in [-0.2, -0.15) is 0 Å². The minimum atomic E-state index is -2.00. The van der Waals surface area contributed by atoms with Gasteiger partial charge in [-0.1, -0.05) is 182 Å². The molecule has 0 aromatic heterocycles. The van der Waals surface area contributed by atoms with Gasteiger partial charge in [-0.3, -0.25) is 0 Å². The summed E-state index contributed by atoms with van der Waals surface area (Å²) in [6.45, 7) is 3.58. The van der Waals surface area contributed by atoms with Crippen molar-refractivity contribution in [2.45, 2.75) is 54.6 Å². The maximum Gasteiger partial charge on any atom is 0.164 e. The predicted octanol–water partition coefficient (Wildman–Crippen LogP) is 8.08. The standard InChI is InChI=1S/C45H42O5/c1-41(2)49-40(44(47,36-25-13-5-14-26-36)37-27-15-6-16-28-37)43(50-41,45(48,38-29-17-7-18-30-38)39-31-19-8-20-32-39)33-42(46,34-21-9-3-10-22-34)35-23-11-4-12-24-35/h3-32,40,46-48H,33H2,1-2H3/t40-,43-/m1/s1. The van der Waals surface area contributed by atoms with Gasteiger partial charge in [0, 0.05) is 6.42 Å². The van der Waals surface area contributed by atoms with Gasteiger partial charge in [-0.25, -0.2) is 0 Å². The number of hydrogen-bond donors (Lipinski definition) is 3. The number of benzene rings is 6. The molecular formula is C45H42O5. The van der Waals surface area contributed by atoms with Crippen molar-refractivity contribution < 1.29 is 24.8 Å². The zero-order valence-electron chi connectivity index (χ0n) is 28.3. The van der Waals surface area contributed by atoms with Crippen molar-refractivity contribution in [3.63, 3.8) is 0 Å². The average molecular weight is 663 g/mol. The van der Waals surface area contributed by atoms with Gasteiger partial charge in [0.15, 0.2) is 5.79 Å². The van der Waals surface area contributed by atoms with E-state index in [2.05, 4.69) is 0 Å². The summed E-state index contributed by atoms with van der Waals surface area (Å²) < 4.78 is 14.3. The highest BCUT2D eigenvalue weighted by Gasteiger charge is 2.72. The molecular weight excluding hydrogens is 620 g/mol. The van der Waals surface area contributed by atoms with E-state index in [0.717, 1.165) is 0 Å². The van der Waals surface area contributed by atoms with Crippen molar-refractivity contribution in [2.24, 2.45) is 0 Å². The minimum Gasteiger partial charge on any atom is -0.380 e. The highest BCUT2D eigenvalue weighted by molar-refractivity contribution is 5.48. The Balaban J connectivity index is 1.63. The summed E-state index contributed by atoms with van der Waals surface area (Å²) in [5, 5.41) is 41.0. The molecule has 3 N–H and O–H groups in total. The highest BCUT2D eigenvalue weighted by Crippen LogP contribution is 2.60. The van der Waals surface area contributed by atoms with E-state index in [1.165, 1.54) is 0 Å². The van der Waals surface area contributed by atoms with Crippen molar-refractivity contribution in [3.8, 4) is 0 Å². The SMILES string of the molecule is CC1(C)O[C@@H](C(O)(c2ccccc2)c2ccccc2)[C@](CC(O)(c2ccccc2)c2ccccc2)(C(O)(c2ccccc2)c2ccccc2)O1. The minimum absolute atomic E-state index is 0.218. The second kappa shape index (κ2) is 13.1. The quantitative estimate of drug-likeness (QED) is 0.138. The lowest BCUT2D eigenvalue weighted by Gasteiger charge is -2.53. The summed E-state index contributed by atoms with van der Waals surface area (Å²) in [4.78, 5) is 0. The Labute approximate surface area is 294 Å². The summed E-state index contributed by atoms with van der Waals surface area (Å²) in [6, 6.07) is 56.2. The van der Waals surface area contributed by atoms with E-state index in [9.17, 15) is 15.3 Å². The van der Waals surface area contributed by atoms with E-state index in [4.69, 9.17) is 9.47 Å². The lowest BCUT2D eigenvalue weighted by molar-refractivity contribution is -0.226. The van der Waals surface area contributed by atoms with Crippen LogP contribution in [0.5, 0.6) is 0 Å². The van der Waals surface area contributed by atoms with E-state index in [-0.39, 0.29) is 6.42 Å². The van der Waals surface area contributed by atoms with Crippen LogP contribution in [0.25, 0.3) is 0 Å². The van der Waals surface area contributed by atoms with Gasteiger partial charge < -0.3 is 24.8 Å². The van der Waals surface area contributed by atoms with Crippen LogP contribution in [-0.4, -0.2) is 32.8 Å². The van der Waals surface area contributed by atoms with Crippen LogP contribution in [0.2, 0.25) is 0 Å². The normalized spacial score (nSPS) is 19.3. The molecule has 0 radical (unpaired) electrons. The molecule has 6 aromatic carbocycles. The van der Waals surface area contributed by atoms with Crippen LogP contribution >= 0.6 is 0 Å². The molecule has 1 aliphatic heterocycles. The van der Waals surface area contributed by atoms with Crippen LogP contribution in [0.3, 0.4) is 0 Å². The summed E-state index contributed by atoms with van der Waals surface area (Å²) in [5.74, 6) is -1.34. The van der Waals surface area contributed by atoms with Gasteiger partial charge >= 0.3 is 0 Å². The molecule has 5 heteroatoms. The molecule has 1 saturated heterocycles. The molecule has 0 saturated carbocycles. The number of hydrogen-bond acceptors (Lipinski definition) is 5. The molecule has 252 valence electrons. The molecule has 1 fully saturated rings. The molecule has 0 bridgehead atoms. The van der Waals surface area contributed by atoms with Crippen molar-refractivity contribution in [1.29, 1.82) is 0 Å². The maximum atomic E-state index is 14.0. The highest BCUT2D eigenvalue weighted by atomic mass is 16.8. The second-order valence-electron chi connectivity index (χ2n) is 13.6. The molecule has 0 amide bonds. The van der Waals surface area contributed by atoms with E-state index < -0.39 is 34.3 Å². The fourth-order valence-electron chi connectivity index (χ4n) is 7.88. The van der Waals surface area contributed by atoms with Crippen molar-refractivity contribution >= 4 is 0 Å². The molecule has 6 aromatic rings. The Bertz CT molecular complexity index is 1870. The average Bonchev–Trinajstić information content (AvgIpc) is 3.47. The number of ether oxygens (including phenoxy) is 2. The zero-order chi connectivity index (χ0) is 34.9. The summed E-state index contributed by atoms with van der Waals surface area (Å²) in [7, 11) is 0. The fourth-order valence-corrected chi connectivity index (χ4v) is 7.88. The van der Waals surface area contributed by atoms with Crippen molar-refractivity contribution in [1.82, 2.24) is 0 Å². The molecule has 0 spiro atoms. The molecule has 1 aliphatic rings. The molecule has 1 heterocycles. The van der Waals surface area contributed by atoms with Gasteiger partial charge in [-0.15, -0.1) is 0 Å². The topological polar surface area (TPSA) is 79.2 Å². The summed E-state index contributed by atoms with van der Waals surface area (Å²) >= 11 is 0. The zero-order valence-corrected chi connectivity index (χ0v) is 28.3. The van der Waals surface area contributed by atoms with Crippen LogP contribution in [0.4, 0.5) is 0 Å². The van der Waals surface area contributed by atoms with Gasteiger partial charge in [0.25, 0.3) is 0 Å². The Morgan fingerprint density at radius 1 is 0.460 bits per heavy atom. The van der Waals surface area contributed by atoms with Crippen molar-refractivity contribution in [2.75, 3.05) is 0 Å². The molecule has 0 aliphatic carbocycles. The first-order valence-electron chi connectivity index (χ1n) is 17.0. The lowest BCUT2D eigenvalue weighted by Crippen LogP contribution is -2.66. The van der Waals surface area contributed by atoms with Gasteiger partial charge in [0.2, 0.25) is 0 Å². The monoisotopic (exact) mass is 662 g/mol. The summed E-state index contributed by atoms with van der Waals surface area (Å²) in [5.41, 5.74) is -4.16. The fraction of sp³-hybridized carbons (Fsp3) is 0.200. The molecule has 2 atom stereocenters. The maximum absolute atomic E-state index is 14.0. The number of rotatable bonds is 10. The van der Waals surface area contributed by atoms with E-state index in [1.54, 1.807) is 13.8 Å². The Morgan fingerprint density at radius 2 is 0.760 bits per heavy atom. The van der Waals surface area contributed by atoms with Crippen LogP contribution in [-0.2, 0) is 26.3 Å². The van der Waals surface area contributed by atoms with Gasteiger partial charge in [0.1, 0.15) is 28.5 Å². The van der Waals surface area contributed by atoms with E-state index >= 15 is 0 Å². The molecule has 0 unspecified atom stereocenters. The third-order valence-corrected chi connectivity index (χ3v) is 10.1. The Hall–Kier alpha value is -4.88. The first kappa shape index (κ1) is 33.6. The first-order chi connectivity index (χ1) is 24.1. The van der Waals surface area contributed by atoms with E-state index in [1.807, 2.05) is 182 Å². The third-order valence-electron chi connectivity index (χ3n) is 10.1. The predicted molar refractivity (Wildman–Crippen MR) is 195 cm³/mol. The lowest BCUT2D eigenvalue weighted by atomic mass is 9.59. The largest absolute Gasteiger partial charge is 0.380 e. The number of aliphatic hydroxyl groups is 3. The Morgan fingerprint density at radius 3 is 1.10 bits per heavy atom. The summed E-state index contributed by atoms with van der Waals surface area (Å²) in [6.07, 6.45) is -1.51. The first-order valence-corrected chi connectivity index (χ1v) is 17.0. The van der Waals surface area contributed by atoms with Crippen LogP contribution in [0.1, 0.15) is 53.6 Å². The van der Waals surface area contributed by atoms with Crippen LogP contribution in [0.15, 0.2) is 182 Å². The van der Waals surface area contributed by atoms with E-state index in [0.29, 0.717) is 33.4 Å². The molecule has 5 nitrogen and oxygen atoms in total. The molecule has 7 rings (SSSR count). The smallest absolute Gasteiger partial charge is 0.164 e. The van der Waals surface area contributed by atoms with Gasteiger partial charge in [-0.05, 0) is 47.2 Å². The second-order valence-corrected chi connectivity index (χ2v) is 13.6. The van der Waals surface area contributed by atoms with Crippen LogP contribution in [0, 0.1) is 0 Å². The molecule has 50 heavy (non-hydrogen) atoms. The Kier molecular flexibility index (Phi) is 8.81. The third kappa shape index (κ3) is 5.58.